The minimum absolute atomic E-state index is 0.0710. The summed E-state index contributed by atoms with van der Waals surface area (Å²) in [6.45, 7) is 0.435. The minimum Gasteiger partial charge on any atom is -0.373 e. The summed E-state index contributed by atoms with van der Waals surface area (Å²) in [5.41, 5.74) is 1.43. The Hall–Kier alpha value is -2.45. The van der Waals surface area contributed by atoms with Gasteiger partial charge in [-0.3, -0.25) is 4.79 Å². The average Bonchev–Trinajstić information content (AvgIpc) is 2.54. The zero-order valence-corrected chi connectivity index (χ0v) is 13.4. The summed E-state index contributed by atoms with van der Waals surface area (Å²) in [7, 11) is -1.95. The third-order valence-corrected chi connectivity index (χ3v) is 4.16. The molecule has 0 atom stereocenters. The van der Waals surface area contributed by atoms with Crippen LogP contribution < -0.4 is 15.8 Å². The quantitative estimate of drug-likeness (QED) is 0.721. The number of nitrogens with zero attached hydrogens (tertiary/aromatic N) is 1. The van der Waals surface area contributed by atoms with Gasteiger partial charge in [0.25, 0.3) is 5.91 Å². The van der Waals surface area contributed by atoms with Crippen LogP contribution in [0.1, 0.15) is 15.9 Å². The number of hydrogen-bond donors (Lipinski definition) is 3. The fraction of sp³-hybridized carbons (Fsp3) is 0.200. The van der Waals surface area contributed by atoms with Crippen molar-refractivity contribution in [3.8, 4) is 0 Å². The molecule has 0 saturated heterocycles. The van der Waals surface area contributed by atoms with Gasteiger partial charge in [0.2, 0.25) is 10.0 Å². The third kappa shape index (κ3) is 4.76. The Bertz CT molecular complexity index is 789. The van der Waals surface area contributed by atoms with Gasteiger partial charge in [0.05, 0.1) is 4.90 Å². The molecule has 1 aromatic carbocycles. The van der Waals surface area contributed by atoms with Crippen molar-refractivity contribution in [2.75, 3.05) is 18.9 Å². The monoisotopic (exact) mass is 334 g/mol. The Morgan fingerprint density at radius 3 is 2.52 bits per heavy atom. The van der Waals surface area contributed by atoms with Gasteiger partial charge in [0, 0.05) is 25.4 Å². The number of primary sulfonamides is 1. The largest absolute Gasteiger partial charge is 0.373 e. The molecule has 0 spiro atoms. The van der Waals surface area contributed by atoms with Gasteiger partial charge in [0.1, 0.15) is 5.82 Å². The summed E-state index contributed by atoms with van der Waals surface area (Å²) in [6, 6.07) is 9.56. The van der Waals surface area contributed by atoms with Crippen molar-refractivity contribution in [2.45, 2.75) is 11.3 Å². The number of nitrogens with two attached hydrogens (primary N) is 1. The molecule has 0 fully saturated rings. The number of benzene rings is 1. The molecule has 0 aliphatic rings. The second kappa shape index (κ2) is 7.21. The Balaban J connectivity index is 1.90. The number of pyridine rings is 1. The average molecular weight is 334 g/mol. The lowest BCUT2D eigenvalue weighted by Gasteiger charge is -2.07. The molecule has 0 radical (unpaired) electrons. The van der Waals surface area contributed by atoms with Crippen molar-refractivity contribution in [1.82, 2.24) is 10.3 Å². The number of sulfonamides is 1. The molecule has 1 aromatic heterocycles. The molecule has 0 aliphatic carbocycles. The van der Waals surface area contributed by atoms with Crippen LogP contribution in [0.5, 0.6) is 0 Å². The Kier molecular flexibility index (Phi) is 5.30. The van der Waals surface area contributed by atoms with Crippen molar-refractivity contribution < 1.29 is 13.2 Å². The lowest BCUT2D eigenvalue weighted by molar-refractivity contribution is 0.0954. The predicted molar refractivity (Wildman–Crippen MR) is 87.6 cm³/mol. The van der Waals surface area contributed by atoms with Gasteiger partial charge in [-0.25, -0.2) is 18.5 Å². The normalized spacial score (nSPS) is 11.0. The molecule has 4 N–H and O–H groups in total. The molecular formula is C15H18N4O3S. The highest BCUT2D eigenvalue weighted by Crippen LogP contribution is 2.09. The van der Waals surface area contributed by atoms with Gasteiger partial charge in [0.15, 0.2) is 0 Å². The molecule has 122 valence electrons. The van der Waals surface area contributed by atoms with E-state index in [1.54, 1.807) is 37.5 Å². The fourth-order valence-corrected chi connectivity index (χ4v) is 2.49. The molecular weight excluding hydrogens is 316 g/mol. The fourth-order valence-electron chi connectivity index (χ4n) is 1.98. The molecule has 1 amide bonds. The highest BCUT2D eigenvalue weighted by atomic mass is 32.2. The highest BCUT2D eigenvalue weighted by Gasteiger charge is 2.08. The molecule has 0 saturated carbocycles. The maximum Gasteiger partial charge on any atom is 0.251 e. The lowest BCUT2D eigenvalue weighted by Crippen LogP contribution is -2.25. The van der Waals surface area contributed by atoms with E-state index in [1.807, 2.05) is 0 Å². The van der Waals surface area contributed by atoms with Crippen molar-refractivity contribution in [3.05, 3.63) is 53.7 Å². The first-order valence-electron chi connectivity index (χ1n) is 6.94. The smallest absolute Gasteiger partial charge is 0.251 e. The number of carbonyl (C=O) groups is 1. The summed E-state index contributed by atoms with van der Waals surface area (Å²) in [5, 5.41) is 10.7. The van der Waals surface area contributed by atoms with Gasteiger partial charge in [-0.05, 0) is 36.2 Å². The van der Waals surface area contributed by atoms with Crippen LogP contribution in [0.2, 0.25) is 0 Å². The number of carbonyl (C=O) groups excluding carboxylic acids is 1. The number of hydrogen-bond acceptors (Lipinski definition) is 5. The van der Waals surface area contributed by atoms with Gasteiger partial charge in [-0.15, -0.1) is 0 Å². The minimum atomic E-state index is -3.68. The topological polar surface area (TPSA) is 114 Å². The first-order valence-corrected chi connectivity index (χ1v) is 8.48. The van der Waals surface area contributed by atoms with Crippen LogP contribution >= 0.6 is 0 Å². The zero-order chi connectivity index (χ0) is 16.9. The maximum absolute atomic E-state index is 12.0. The van der Waals surface area contributed by atoms with Crippen LogP contribution in [0.4, 0.5) is 5.82 Å². The summed E-state index contributed by atoms with van der Waals surface area (Å²) >= 11 is 0. The summed E-state index contributed by atoms with van der Waals surface area (Å²) in [4.78, 5) is 16.1. The van der Waals surface area contributed by atoms with E-state index in [4.69, 9.17) is 5.14 Å². The second-order valence-electron chi connectivity index (χ2n) is 4.87. The first kappa shape index (κ1) is 16.9. The number of amides is 1. The zero-order valence-electron chi connectivity index (χ0n) is 12.6. The molecule has 23 heavy (non-hydrogen) atoms. The van der Waals surface area contributed by atoms with E-state index in [0.29, 0.717) is 24.3 Å². The number of aromatic nitrogens is 1. The van der Waals surface area contributed by atoms with Crippen LogP contribution in [0.15, 0.2) is 47.5 Å². The second-order valence-corrected chi connectivity index (χ2v) is 6.44. The predicted octanol–water partition coefficient (Wildman–Crippen LogP) is 0.743. The van der Waals surface area contributed by atoms with Crippen molar-refractivity contribution in [3.63, 3.8) is 0 Å². The van der Waals surface area contributed by atoms with Crippen LogP contribution in [-0.4, -0.2) is 32.9 Å². The third-order valence-electron chi connectivity index (χ3n) is 3.23. The first-order chi connectivity index (χ1) is 10.9. The van der Waals surface area contributed by atoms with Crippen LogP contribution in [0, 0.1) is 0 Å². The van der Waals surface area contributed by atoms with E-state index >= 15 is 0 Å². The van der Waals surface area contributed by atoms with E-state index in [9.17, 15) is 13.2 Å². The molecule has 0 bridgehead atoms. The molecule has 0 unspecified atom stereocenters. The van der Waals surface area contributed by atoms with Gasteiger partial charge < -0.3 is 10.6 Å². The maximum atomic E-state index is 12.0. The molecule has 0 aliphatic heterocycles. The molecule has 7 nitrogen and oxygen atoms in total. The lowest BCUT2D eigenvalue weighted by atomic mass is 10.1. The van der Waals surface area contributed by atoms with Crippen LogP contribution in [-0.2, 0) is 16.4 Å². The standard InChI is InChI=1S/C15H18N4O3S/c1-17-14-10-12(7-9-18-14)15(20)19-8-6-11-2-4-13(5-3-11)23(16,21)22/h2-5,7,9-10H,6,8H2,1H3,(H,17,18)(H,19,20)(H2,16,21,22). The van der Waals surface area contributed by atoms with E-state index in [0.717, 1.165) is 5.56 Å². The summed E-state index contributed by atoms with van der Waals surface area (Å²) in [6.07, 6.45) is 2.15. The highest BCUT2D eigenvalue weighted by molar-refractivity contribution is 7.89. The Morgan fingerprint density at radius 1 is 1.22 bits per heavy atom. The van der Waals surface area contributed by atoms with Gasteiger partial charge in [-0.2, -0.15) is 0 Å². The van der Waals surface area contributed by atoms with Crippen molar-refractivity contribution in [2.24, 2.45) is 5.14 Å². The van der Waals surface area contributed by atoms with Crippen molar-refractivity contribution >= 4 is 21.7 Å². The van der Waals surface area contributed by atoms with Gasteiger partial charge in [-0.1, -0.05) is 12.1 Å². The number of anilines is 1. The molecule has 2 aromatic rings. The molecule has 1 heterocycles. The molecule has 2 rings (SSSR count). The number of nitrogens with one attached hydrogen (secondary N) is 2. The van der Waals surface area contributed by atoms with Crippen molar-refractivity contribution in [1.29, 1.82) is 0 Å². The SMILES string of the molecule is CNc1cc(C(=O)NCCc2ccc(S(N)(=O)=O)cc2)ccn1. The van der Waals surface area contributed by atoms with E-state index < -0.39 is 10.0 Å². The van der Waals surface area contributed by atoms with E-state index in [-0.39, 0.29) is 10.8 Å². The Morgan fingerprint density at radius 2 is 1.91 bits per heavy atom. The Labute approximate surface area is 135 Å². The van der Waals surface area contributed by atoms with Crippen LogP contribution in [0.3, 0.4) is 0 Å². The summed E-state index contributed by atoms with van der Waals surface area (Å²) in [5.74, 6) is 0.432. The molecule has 8 heteroatoms. The number of rotatable bonds is 6. The van der Waals surface area contributed by atoms with E-state index in [2.05, 4.69) is 15.6 Å². The summed E-state index contributed by atoms with van der Waals surface area (Å²) < 4.78 is 22.3. The van der Waals surface area contributed by atoms with Gasteiger partial charge >= 0.3 is 0 Å². The van der Waals surface area contributed by atoms with E-state index in [1.165, 1.54) is 12.1 Å². The van der Waals surface area contributed by atoms with Crippen LogP contribution in [0.25, 0.3) is 0 Å².